The van der Waals surface area contributed by atoms with Gasteiger partial charge in [-0.1, -0.05) is 37.1 Å². The Hall–Kier alpha value is -1.06. The molecule has 1 atom stereocenters. The number of carbonyl (C=O) groups excluding carboxylic acids is 1. The van der Waals surface area contributed by atoms with E-state index in [4.69, 9.17) is 17.3 Å². The van der Waals surface area contributed by atoms with Gasteiger partial charge in [-0.3, -0.25) is 4.79 Å². The molecule has 1 saturated carbocycles. The zero-order valence-electron chi connectivity index (χ0n) is 11.3. The highest BCUT2D eigenvalue weighted by atomic mass is 35.5. The molecule has 0 spiro atoms. The van der Waals surface area contributed by atoms with E-state index in [1.807, 2.05) is 19.1 Å². The summed E-state index contributed by atoms with van der Waals surface area (Å²) in [6, 6.07) is 7.97. The van der Waals surface area contributed by atoms with Crippen LogP contribution < -0.4 is 11.1 Å². The van der Waals surface area contributed by atoms with Crippen LogP contribution in [-0.2, 0) is 10.2 Å². The van der Waals surface area contributed by atoms with Crippen molar-refractivity contribution in [1.82, 2.24) is 5.32 Å². The van der Waals surface area contributed by atoms with E-state index in [1.54, 1.807) is 0 Å². The van der Waals surface area contributed by atoms with Gasteiger partial charge in [0.1, 0.15) is 0 Å². The smallest absolute Gasteiger partial charge is 0.224 e. The minimum absolute atomic E-state index is 0.0442. The molecule has 0 saturated heterocycles. The third-order valence-electron chi connectivity index (χ3n) is 4.17. The van der Waals surface area contributed by atoms with E-state index in [0.717, 1.165) is 17.9 Å². The summed E-state index contributed by atoms with van der Waals surface area (Å²) in [6.45, 7) is 2.93. The fraction of sp³-hybridized carbons (Fsp3) is 0.533. The van der Waals surface area contributed by atoms with Crippen molar-refractivity contribution in [2.75, 3.05) is 13.1 Å². The molecule has 1 aromatic rings. The van der Waals surface area contributed by atoms with Crippen molar-refractivity contribution < 1.29 is 4.79 Å². The molecule has 104 valence electrons. The molecule has 1 amide bonds. The number of carbonyl (C=O) groups is 1. The van der Waals surface area contributed by atoms with Crippen LogP contribution in [0.4, 0.5) is 0 Å². The van der Waals surface area contributed by atoms with E-state index >= 15 is 0 Å². The summed E-state index contributed by atoms with van der Waals surface area (Å²) >= 11 is 5.93. The third-order valence-corrected chi connectivity index (χ3v) is 4.42. The average molecular weight is 281 g/mol. The molecule has 1 aliphatic rings. The predicted octanol–water partition coefficient (Wildman–Crippen LogP) is 2.47. The van der Waals surface area contributed by atoms with Crippen molar-refractivity contribution in [1.29, 1.82) is 0 Å². The van der Waals surface area contributed by atoms with Gasteiger partial charge >= 0.3 is 0 Å². The summed E-state index contributed by atoms with van der Waals surface area (Å²) in [7, 11) is 0. The van der Waals surface area contributed by atoms with Crippen LogP contribution in [0.1, 0.15) is 31.7 Å². The second-order valence-corrected chi connectivity index (χ2v) is 5.93. The molecule has 0 aromatic heterocycles. The molecule has 0 radical (unpaired) electrons. The SMILES string of the molecule is CC(CN)C(=O)NCC1(c2ccc(Cl)cc2)CCC1. The number of halogens is 1. The van der Waals surface area contributed by atoms with Crippen LogP contribution in [0.15, 0.2) is 24.3 Å². The van der Waals surface area contributed by atoms with Crippen LogP contribution in [-0.4, -0.2) is 19.0 Å². The first kappa shape index (κ1) is 14.4. The van der Waals surface area contributed by atoms with E-state index in [2.05, 4.69) is 17.4 Å². The first-order chi connectivity index (χ1) is 9.07. The molecular weight excluding hydrogens is 260 g/mol. The number of rotatable bonds is 5. The van der Waals surface area contributed by atoms with Crippen molar-refractivity contribution in [3.63, 3.8) is 0 Å². The number of nitrogens with two attached hydrogens (primary N) is 1. The normalized spacial score (nSPS) is 18.5. The monoisotopic (exact) mass is 280 g/mol. The lowest BCUT2D eigenvalue weighted by molar-refractivity contribution is -0.124. The lowest BCUT2D eigenvalue weighted by atomic mass is 9.64. The number of hydrogen-bond donors (Lipinski definition) is 2. The first-order valence-corrected chi connectivity index (χ1v) is 7.19. The van der Waals surface area contributed by atoms with Crippen LogP contribution in [0, 0.1) is 5.92 Å². The van der Waals surface area contributed by atoms with Gasteiger partial charge in [0.25, 0.3) is 0 Å². The Labute approximate surface area is 119 Å². The highest BCUT2D eigenvalue weighted by Crippen LogP contribution is 2.43. The van der Waals surface area contributed by atoms with Crippen molar-refractivity contribution in [2.45, 2.75) is 31.6 Å². The maximum Gasteiger partial charge on any atom is 0.224 e. The highest BCUT2D eigenvalue weighted by Gasteiger charge is 2.38. The zero-order chi connectivity index (χ0) is 13.9. The number of hydrogen-bond acceptors (Lipinski definition) is 2. The second kappa shape index (κ2) is 5.93. The minimum Gasteiger partial charge on any atom is -0.355 e. The van der Waals surface area contributed by atoms with E-state index < -0.39 is 0 Å². The molecule has 3 nitrogen and oxygen atoms in total. The molecule has 1 aliphatic carbocycles. The summed E-state index contributed by atoms with van der Waals surface area (Å²) in [5.41, 5.74) is 6.87. The Kier molecular flexibility index (Phi) is 4.48. The topological polar surface area (TPSA) is 55.1 Å². The molecule has 2 rings (SSSR count). The van der Waals surface area contributed by atoms with Crippen LogP contribution >= 0.6 is 11.6 Å². The maximum absolute atomic E-state index is 11.8. The summed E-state index contributed by atoms with van der Waals surface area (Å²) in [6.07, 6.45) is 3.45. The molecule has 1 fully saturated rings. The fourth-order valence-electron chi connectivity index (χ4n) is 2.51. The summed E-state index contributed by atoms with van der Waals surface area (Å²) in [5, 5.41) is 3.79. The summed E-state index contributed by atoms with van der Waals surface area (Å²) in [5.74, 6) is -0.0786. The van der Waals surface area contributed by atoms with Crippen LogP contribution in [0.2, 0.25) is 5.02 Å². The fourth-order valence-corrected chi connectivity index (χ4v) is 2.64. The first-order valence-electron chi connectivity index (χ1n) is 6.81. The van der Waals surface area contributed by atoms with Gasteiger partial charge in [0.05, 0.1) is 0 Å². The van der Waals surface area contributed by atoms with Gasteiger partial charge in [0.2, 0.25) is 5.91 Å². The van der Waals surface area contributed by atoms with E-state index in [1.165, 1.54) is 12.0 Å². The van der Waals surface area contributed by atoms with Gasteiger partial charge in [-0.15, -0.1) is 0 Å². The Bertz CT molecular complexity index is 440. The molecule has 4 heteroatoms. The van der Waals surface area contributed by atoms with E-state index in [9.17, 15) is 4.79 Å². The van der Waals surface area contributed by atoms with Gasteiger partial charge in [-0.25, -0.2) is 0 Å². The maximum atomic E-state index is 11.8. The van der Waals surface area contributed by atoms with Crippen molar-refractivity contribution in [3.8, 4) is 0 Å². The Morgan fingerprint density at radius 2 is 2.05 bits per heavy atom. The highest BCUT2D eigenvalue weighted by molar-refractivity contribution is 6.30. The molecule has 0 heterocycles. The number of nitrogens with one attached hydrogen (secondary N) is 1. The van der Waals surface area contributed by atoms with Gasteiger partial charge in [0.15, 0.2) is 0 Å². The molecule has 1 aromatic carbocycles. The quantitative estimate of drug-likeness (QED) is 0.871. The van der Waals surface area contributed by atoms with Gasteiger partial charge in [-0.2, -0.15) is 0 Å². The number of benzene rings is 1. The molecule has 3 N–H and O–H groups in total. The van der Waals surface area contributed by atoms with Crippen LogP contribution in [0.5, 0.6) is 0 Å². The average Bonchev–Trinajstić information content (AvgIpc) is 2.38. The lowest BCUT2D eigenvalue weighted by Crippen LogP contribution is -2.47. The van der Waals surface area contributed by atoms with Gasteiger partial charge in [0, 0.05) is 29.4 Å². The Morgan fingerprint density at radius 3 is 2.53 bits per heavy atom. The second-order valence-electron chi connectivity index (χ2n) is 5.50. The van der Waals surface area contributed by atoms with Gasteiger partial charge in [-0.05, 0) is 30.5 Å². The molecule has 1 unspecified atom stereocenters. The summed E-state index contributed by atoms with van der Waals surface area (Å²) in [4.78, 5) is 11.8. The largest absolute Gasteiger partial charge is 0.355 e. The standard InChI is InChI=1S/C15H21ClN2O/c1-11(9-17)14(19)18-10-15(7-2-8-15)12-3-5-13(16)6-4-12/h3-6,11H,2,7-10,17H2,1H3,(H,18,19). The lowest BCUT2D eigenvalue weighted by Gasteiger charge is -2.42. The molecule has 0 aliphatic heterocycles. The van der Waals surface area contributed by atoms with Crippen molar-refractivity contribution in [2.24, 2.45) is 11.7 Å². The zero-order valence-corrected chi connectivity index (χ0v) is 12.0. The minimum atomic E-state index is -0.123. The van der Waals surface area contributed by atoms with E-state index in [-0.39, 0.29) is 17.2 Å². The van der Waals surface area contributed by atoms with Crippen molar-refractivity contribution >= 4 is 17.5 Å². The third kappa shape index (κ3) is 3.10. The summed E-state index contributed by atoms with van der Waals surface area (Å²) < 4.78 is 0. The molecule has 19 heavy (non-hydrogen) atoms. The molecule has 0 bridgehead atoms. The Morgan fingerprint density at radius 1 is 1.42 bits per heavy atom. The molecular formula is C15H21ClN2O. The predicted molar refractivity (Wildman–Crippen MR) is 78.2 cm³/mol. The Balaban J connectivity index is 2.03. The number of amides is 1. The van der Waals surface area contributed by atoms with Gasteiger partial charge < -0.3 is 11.1 Å². The van der Waals surface area contributed by atoms with Crippen LogP contribution in [0.3, 0.4) is 0 Å². The van der Waals surface area contributed by atoms with Crippen LogP contribution in [0.25, 0.3) is 0 Å². The van der Waals surface area contributed by atoms with E-state index in [0.29, 0.717) is 13.1 Å². The van der Waals surface area contributed by atoms with Crippen molar-refractivity contribution in [3.05, 3.63) is 34.9 Å².